The van der Waals surface area contributed by atoms with E-state index in [4.69, 9.17) is 0 Å². The van der Waals surface area contributed by atoms with Crippen molar-refractivity contribution in [3.05, 3.63) is 65.2 Å². The van der Waals surface area contributed by atoms with Gasteiger partial charge in [0.05, 0.1) is 11.9 Å². The molecule has 8 heteroatoms. The van der Waals surface area contributed by atoms with Crippen molar-refractivity contribution in [3.8, 4) is 0 Å². The minimum absolute atomic E-state index is 0.284. The maximum atomic E-state index is 13.6. The van der Waals surface area contributed by atoms with Crippen molar-refractivity contribution in [2.75, 3.05) is 23.7 Å². The van der Waals surface area contributed by atoms with Crippen molar-refractivity contribution in [2.24, 2.45) is 0 Å². The molecule has 0 aliphatic rings. The van der Waals surface area contributed by atoms with Crippen LogP contribution < -0.4 is 9.62 Å². The van der Waals surface area contributed by atoms with Gasteiger partial charge in [0.15, 0.2) is 0 Å². The first-order valence-electron chi connectivity index (χ1n) is 11.4. The third-order valence-electron chi connectivity index (χ3n) is 5.52. The van der Waals surface area contributed by atoms with E-state index in [2.05, 4.69) is 5.32 Å². The molecular formula is C26H37N3O4S. The Kier molecular flexibility index (Phi) is 8.89. The topological polar surface area (TPSA) is 86.8 Å². The van der Waals surface area contributed by atoms with Crippen LogP contribution in [-0.4, -0.2) is 56.1 Å². The van der Waals surface area contributed by atoms with E-state index in [0.29, 0.717) is 12.1 Å². The molecule has 7 nitrogen and oxygen atoms in total. The van der Waals surface area contributed by atoms with Gasteiger partial charge in [0, 0.05) is 12.1 Å². The van der Waals surface area contributed by atoms with Crippen LogP contribution in [0.25, 0.3) is 0 Å². The van der Waals surface area contributed by atoms with Crippen LogP contribution in [0.4, 0.5) is 5.69 Å². The minimum Gasteiger partial charge on any atom is -0.350 e. The fourth-order valence-electron chi connectivity index (χ4n) is 3.82. The van der Waals surface area contributed by atoms with Crippen LogP contribution in [0.3, 0.4) is 0 Å². The summed E-state index contributed by atoms with van der Waals surface area (Å²) in [6.07, 6.45) is 1.64. The zero-order chi connectivity index (χ0) is 25.7. The molecule has 186 valence electrons. The molecule has 1 atom stereocenters. The number of carbonyl (C=O) groups excluding carboxylic acids is 2. The molecule has 2 amide bonds. The summed E-state index contributed by atoms with van der Waals surface area (Å²) >= 11 is 0. The largest absolute Gasteiger partial charge is 0.350 e. The van der Waals surface area contributed by atoms with Gasteiger partial charge in [-0.25, -0.2) is 8.42 Å². The van der Waals surface area contributed by atoms with Gasteiger partial charge < -0.3 is 10.2 Å². The number of anilines is 1. The fourth-order valence-corrected chi connectivity index (χ4v) is 4.78. The molecule has 2 aromatic carbocycles. The van der Waals surface area contributed by atoms with Crippen LogP contribution in [0.5, 0.6) is 0 Å². The molecule has 2 rings (SSSR count). The van der Waals surface area contributed by atoms with Crippen molar-refractivity contribution in [3.63, 3.8) is 0 Å². The van der Waals surface area contributed by atoms with E-state index in [-0.39, 0.29) is 19.0 Å². The van der Waals surface area contributed by atoms with Crippen molar-refractivity contribution < 1.29 is 18.0 Å². The Hall–Kier alpha value is -2.87. The molecule has 0 heterocycles. The second-order valence-corrected chi connectivity index (χ2v) is 11.7. The molecule has 0 spiro atoms. The van der Waals surface area contributed by atoms with Crippen LogP contribution >= 0.6 is 0 Å². The smallest absolute Gasteiger partial charge is 0.244 e. The maximum Gasteiger partial charge on any atom is 0.244 e. The second-order valence-electron chi connectivity index (χ2n) is 9.75. The molecule has 0 aliphatic carbocycles. The number of amides is 2. The summed E-state index contributed by atoms with van der Waals surface area (Å²) < 4.78 is 26.6. The zero-order valence-corrected chi connectivity index (χ0v) is 22.1. The number of sulfonamides is 1. The van der Waals surface area contributed by atoms with Gasteiger partial charge in [-0.05, 0) is 64.7 Å². The summed E-state index contributed by atoms with van der Waals surface area (Å²) in [5.74, 6) is -0.715. The van der Waals surface area contributed by atoms with Gasteiger partial charge in [-0.15, -0.1) is 0 Å². The number of aryl methyl sites for hydroxylation is 2. The second kappa shape index (κ2) is 11.0. The molecule has 1 N–H and O–H groups in total. The first-order valence-corrected chi connectivity index (χ1v) is 13.2. The normalized spacial score (nSPS) is 12.7. The van der Waals surface area contributed by atoms with Crippen LogP contribution in [0.2, 0.25) is 0 Å². The average molecular weight is 488 g/mol. The summed E-state index contributed by atoms with van der Waals surface area (Å²) in [4.78, 5) is 28.0. The van der Waals surface area contributed by atoms with E-state index < -0.39 is 27.5 Å². The molecule has 2 aromatic rings. The van der Waals surface area contributed by atoms with E-state index in [1.807, 2.05) is 83.1 Å². The highest BCUT2D eigenvalue weighted by Gasteiger charge is 2.31. The van der Waals surface area contributed by atoms with E-state index >= 15 is 0 Å². The van der Waals surface area contributed by atoms with Crippen molar-refractivity contribution >= 4 is 27.5 Å². The molecule has 0 fully saturated rings. The highest BCUT2D eigenvalue weighted by molar-refractivity contribution is 7.92. The Morgan fingerprint density at radius 1 is 0.971 bits per heavy atom. The van der Waals surface area contributed by atoms with Crippen molar-refractivity contribution in [2.45, 2.75) is 59.5 Å². The summed E-state index contributed by atoms with van der Waals surface area (Å²) in [5, 5.41) is 2.92. The summed E-state index contributed by atoms with van der Waals surface area (Å²) in [6, 6.07) is 14.4. The molecule has 0 saturated carbocycles. The SMILES string of the molecule is Cc1cccc(C)c1N(CC(=O)N(CCc1ccccc1)C(C)C(=O)NC(C)(C)C)S(C)(=O)=O. The lowest BCUT2D eigenvalue weighted by atomic mass is 10.1. The Morgan fingerprint density at radius 3 is 2.03 bits per heavy atom. The number of nitrogens with zero attached hydrogens (tertiary/aromatic N) is 2. The fraction of sp³-hybridized carbons (Fsp3) is 0.462. The van der Waals surface area contributed by atoms with Crippen LogP contribution in [0.1, 0.15) is 44.4 Å². The zero-order valence-electron chi connectivity index (χ0n) is 21.3. The summed E-state index contributed by atoms with van der Waals surface area (Å²) in [5.41, 5.74) is 2.57. The summed E-state index contributed by atoms with van der Waals surface area (Å²) in [6.45, 7) is 10.8. The lowest BCUT2D eigenvalue weighted by Crippen LogP contribution is -2.55. The molecule has 1 unspecified atom stereocenters. The lowest BCUT2D eigenvalue weighted by molar-refractivity contribution is -0.139. The first-order chi connectivity index (χ1) is 15.7. The third-order valence-corrected chi connectivity index (χ3v) is 6.63. The number of nitrogens with one attached hydrogen (secondary N) is 1. The Bertz CT molecular complexity index is 1090. The predicted molar refractivity (Wildman–Crippen MR) is 137 cm³/mol. The molecule has 0 bridgehead atoms. The number of hydrogen-bond acceptors (Lipinski definition) is 4. The molecule has 34 heavy (non-hydrogen) atoms. The maximum absolute atomic E-state index is 13.6. The third kappa shape index (κ3) is 7.58. The molecule has 0 saturated heterocycles. The molecule has 0 aliphatic heterocycles. The van der Waals surface area contributed by atoms with Gasteiger partial charge in [-0.2, -0.15) is 0 Å². The van der Waals surface area contributed by atoms with Gasteiger partial charge in [-0.1, -0.05) is 48.5 Å². The Labute approximate surface area is 204 Å². The highest BCUT2D eigenvalue weighted by atomic mass is 32.2. The van der Waals surface area contributed by atoms with Gasteiger partial charge >= 0.3 is 0 Å². The van der Waals surface area contributed by atoms with Gasteiger partial charge in [-0.3, -0.25) is 13.9 Å². The number of benzene rings is 2. The molecule has 0 radical (unpaired) electrons. The number of rotatable bonds is 9. The van der Waals surface area contributed by atoms with Crippen LogP contribution in [-0.2, 0) is 26.0 Å². The van der Waals surface area contributed by atoms with E-state index in [9.17, 15) is 18.0 Å². The highest BCUT2D eigenvalue weighted by Crippen LogP contribution is 2.27. The predicted octanol–water partition coefficient (Wildman–Crippen LogP) is 3.44. The standard InChI is InChI=1S/C26H37N3O4S/c1-19-12-11-13-20(2)24(19)29(34(7,32)33)18-23(30)28(17-16-22-14-9-8-10-15-22)21(3)25(31)27-26(4,5)6/h8-15,21H,16-18H2,1-7H3,(H,27,31). The molecular weight excluding hydrogens is 450 g/mol. The first kappa shape index (κ1) is 27.4. The Morgan fingerprint density at radius 2 is 1.53 bits per heavy atom. The van der Waals surface area contributed by atoms with E-state index in [1.54, 1.807) is 6.92 Å². The Balaban J connectivity index is 2.38. The van der Waals surface area contributed by atoms with Crippen LogP contribution in [0.15, 0.2) is 48.5 Å². The van der Waals surface area contributed by atoms with E-state index in [1.165, 1.54) is 4.90 Å². The lowest BCUT2D eigenvalue weighted by Gasteiger charge is -2.33. The number of para-hydroxylation sites is 1. The quantitative estimate of drug-likeness (QED) is 0.587. The average Bonchev–Trinajstić information content (AvgIpc) is 2.71. The molecule has 0 aromatic heterocycles. The monoisotopic (exact) mass is 487 g/mol. The number of carbonyl (C=O) groups is 2. The van der Waals surface area contributed by atoms with Crippen molar-refractivity contribution in [1.82, 2.24) is 10.2 Å². The number of hydrogen-bond donors (Lipinski definition) is 1. The van der Waals surface area contributed by atoms with Gasteiger partial charge in [0.1, 0.15) is 12.6 Å². The van der Waals surface area contributed by atoms with Gasteiger partial charge in [0.2, 0.25) is 21.8 Å². The van der Waals surface area contributed by atoms with Crippen LogP contribution in [0, 0.1) is 13.8 Å². The summed E-state index contributed by atoms with van der Waals surface area (Å²) in [7, 11) is -3.75. The van der Waals surface area contributed by atoms with Gasteiger partial charge in [0.25, 0.3) is 0 Å². The minimum atomic E-state index is -3.75. The van der Waals surface area contributed by atoms with E-state index in [0.717, 1.165) is 27.3 Å². The van der Waals surface area contributed by atoms with Crippen molar-refractivity contribution in [1.29, 1.82) is 0 Å².